The van der Waals surface area contributed by atoms with Crippen LogP contribution in [0.3, 0.4) is 0 Å². The molecule has 0 radical (unpaired) electrons. The van der Waals surface area contributed by atoms with E-state index in [4.69, 9.17) is 0 Å². The Labute approximate surface area is 154 Å². The van der Waals surface area contributed by atoms with E-state index < -0.39 is 0 Å². The summed E-state index contributed by atoms with van der Waals surface area (Å²) in [6.45, 7) is 3.80. The minimum absolute atomic E-state index is 0.0000156. The number of carbonyl (C=O) groups excluding carboxylic acids is 2. The average Bonchev–Trinajstić information content (AvgIpc) is 3.16. The van der Waals surface area contributed by atoms with Gasteiger partial charge in [-0.1, -0.05) is 25.0 Å². The molecule has 2 fully saturated rings. The van der Waals surface area contributed by atoms with E-state index in [-0.39, 0.29) is 42.1 Å². The second kappa shape index (κ2) is 8.62. The zero-order valence-electron chi connectivity index (χ0n) is 15.3. The Morgan fingerprint density at radius 2 is 2.12 bits per heavy atom. The lowest BCUT2D eigenvalue weighted by molar-refractivity contribution is -0.135. The maximum absolute atomic E-state index is 13.6. The number of rotatable bonds is 5. The summed E-state index contributed by atoms with van der Waals surface area (Å²) >= 11 is 0. The first-order chi connectivity index (χ1) is 12.5. The van der Waals surface area contributed by atoms with Crippen LogP contribution in [0.4, 0.5) is 4.39 Å². The van der Waals surface area contributed by atoms with Gasteiger partial charge in [-0.05, 0) is 37.5 Å². The van der Waals surface area contributed by atoms with Crippen LogP contribution in [0.5, 0.6) is 0 Å². The molecule has 1 heterocycles. The molecular formula is C20H28FN3O2. The minimum Gasteiger partial charge on any atom is -0.353 e. The Hall–Kier alpha value is -1.95. The number of hydrogen-bond donors (Lipinski definition) is 2. The SMILES string of the molecule is CC(CC(=O)N1CCNCC1c1cccc(F)c1)NC(=O)C1CCCC1. The Balaban J connectivity index is 1.60. The molecule has 1 aromatic carbocycles. The fourth-order valence-electron chi connectivity index (χ4n) is 3.99. The summed E-state index contributed by atoms with van der Waals surface area (Å²) in [5, 5.41) is 6.27. The number of hydrogen-bond acceptors (Lipinski definition) is 3. The number of halogens is 1. The quantitative estimate of drug-likeness (QED) is 0.847. The number of amides is 2. The van der Waals surface area contributed by atoms with Gasteiger partial charge in [0, 0.05) is 38.0 Å². The predicted octanol–water partition coefficient (Wildman–Crippen LogP) is 2.38. The van der Waals surface area contributed by atoms with Gasteiger partial charge in [0.2, 0.25) is 11.8 Å². The van der Waals surface area contributed by atoms with E-state index in [1.165, 1.54) is 12.1 Å². The van der Waals surface area contributed by atoms with Gasteiger partial charge in [0.05, 0.1) is 6.04 Å². The molecule has 1 aliphatic carbocycles. The number of nitrogens with one attached hydrogen (secondary N) is 2. The summed E-state index contributed by atoms with van der Waals surface area (Å²) in [7, 11) is 0. The van der Waals surface area contributed by atoms with Gasteiger partial charge in [0.15, 0.2) is 0 Å². The van der Waals surface area contributed by atoms with E-state index in [2.05, 4.69) is 10.6 Å². The van der Waals surface area contributed by atoms with Crippen molar-refractivity contribution in [3.8, 4) is 0 Å². The molecule has 6 heteroatoms. The summed E-state index contributed by atoms with van der Waals surface area (Å²) in [5.41, 5.74) is 0.799. The lowest BCUT2D eigenvalue weighted by Crippen LogP contribution is -2.50. The molecule has 2 atom stereocenters. The van der Waals surface area contributed by atoms with Crippen molar-refractivity contribution in [1.82, 2.24) is 15.5 Å². The van der Waals surface area contributed by atoms with Crippen molar-refractivity contribution in [2.45, 2.75) is 51.1 Å². The fraction of sp³-hybridized carbons (Fsp3) is 0.600. The highest BCUT2D eigenvalue weighted by Crippen LogP contribution is 2.26. The van der Waals surface area contributed by atoms with Crippen molar-refractivity contribution in [3.63, 3.8) is 0 Å². The van der Waals surface area contributed by atoms with Crippen molar-refractivity contribution < 1.29 is 14.0 Å². The molecule has 0 aromatic heterocycles. The Morgan fingerprint density at radius 1 is 1.35 bits per heavy atom. The van der Waals surface area contributed by atoms with Gasteiger partial charge in [-0.25, -0.2) is 4.39 Å². The molecule has 1 saturated carbocycles. The molecule has 2 aliphatic rings. The molecular weight excluding hydrogens is 333 g/mol. The molecule has 26 heavy (non-hydrogen) atoms. The topological polar surface area (TPSA) is 61.4 Å². The maximum atomic E-state index is 13.6. The standard InChI is InChI=1S/C20H28FN3O2/c1-14(23-20(26)15-5-2-3-6-15)11-19(25)24-10-9-22-13-18(24)16-7-4-8-17(21)12-16/h4,7-8,12,14-15,18,22H,2-3,5-6,9-11,13H2,1H3,(H,23,26). The van der Waals surface area contributed by atoms with Crippen molar-refractivity contribution in [2.24, 2.45) is 5.92 Å². The van der Waals surface area contributed by atoms with Gasteiger partial charge in [-0.2, -0.15) is 0 Å². The van der Waals surface area contributed by atoms with Crippen LogP contribution in [0, 0.1) is 11.7 Å². The van der Waals surface area contributed by atoms with Gasteiger partial charge < -0.3 is 15.5 Å². The smallest absolute Gasteiger partial charge is 0.225 e. The van der Waals surface area contributed by atoms with Crippen molar-refractivity contribution in [1.29, 1.82) is 0 Å². The van der Waals surface area contributed by atoms with Crippen LogP contribution in [0.2, 0.25) is 0 Å². The van der Waals surface area contributed by atoms with Crippen LogP contribution < -0.4 is 10.6 Å². The molecule has 1 aromatic rings. The summed E-state index contributed by atoms with van der Waals surface area (Å²) in [6.07, 6.45) is 4.39. The molecule has 3 rings (SSSR count). The van der Waals surface area contributed by atoms with E-state index in [9.17, 15) is 14.0 Å². The van der Waals surface area contributed by atoms with Crippen molar-refractivity contribution in [3.05, 3.63) is 35.6 Å². The molecule has 1 aliphatic heterocycles. The van der Waals surface area contributed by atoms with Gasteiger partial charge >= 0.3 is 0 Å². The van der Waals surface area contributed by atoms with Gasteiger partial charge in [-0.15, -0.1) is 0 Å². The third-order valence-corrected chi connectivity index (χ3v) is 5.39. The van der Waals surface area contributed by atoms with Crippen LogP contribution in [0.25, 0.3) is 0 Å². The number of carbonyl (C=O) groups is 2. The second-order valence-electron chi connectivity index (χ2n) is 7.46. The number of nitrogens with zero attached hydrogens (tertiary/aromatic N) is 1. The van der Waals surface area contributed by atoms with Gasteiger partial charge in [-0.3, -0.25) is 9.59 Å². The zero-order chi connectivity index (χ0) is 18.5. The van der Waals surface area contributed by atoms with E-state index in [0.717, 1.165) is 37.8 Å². The predicted molar refractivity (Wildman–Crippen MR) is 97.9 cm³/mol. The summed E-state index contributed by atoms with van der Waals surface area (Å²) < 4.78 is 13.6. The van der Waals surface area contributed by atoms with E-state index in [0.29, 0.717) is 13.1 Å². The van der Waals surface area contributed by atoms with Crippen LogP contribution in [-0.4, -0.2) is 42.4 Å². The van der Waals surface area contributed by atoms with Crippen molar-refractivity contribution in [2.75, 3.05) is 19.6 Å². The Bertz CT molecular complexity index is 646. The third kappa shape index (κ3) is 4.61. The van der Waals surface area contributed by atoms with Crippen LogP contribution >= 0.6 is 0 Å². The van der Waals surface area contributed by atoms with Crippen LogP contribution in [-0.2, 0) is 9.59 Å². The molecule has 142 valence electrons. The van der Waals surface area contributed by atoms with Crippen molar-refractivity contribution >= 4 is 11.8 Å². The van der Waals surface area contributed by atoms with E-state index in [1.807, 2.05) is 17.9 Å². The van der Waals surface area contributed by atoms with E-state index in [1.54, 1.807) is 6.07 Å². The molecule has 2 N–H and O–H groups in total. The average molecular weight is 361 g/mol. The molecule has 2 unspecified atom stereocenters. The summed E-state index contributed by atoms with van der Waals surface area (Å²) in [5.74, 6) is -0.116. The first-order valence-corrected chi connectivity index (χ1v) is 9.60. The zero-order valence-corrected chi connectivity index (χ0v) is 15.3. The Morgan fingerprint density at radius 3 is 2.85 bits per heavy atom. The lowest BCUT2D eigenvalue weighted by atomic mass is 10.0. The van der Waals surface area contributed by atoms with E-state index >= 15 is 0 Å². The molecule has 5 nitrogen and oxygen atoms in total. The van der Waals surface area contributed by atoms with Gasteiger partial charge in [0.1, 0.15) is 5.82 Å². The third-order valence-electron chi connectivity index (χ3n) is 5.39. The minimum atomic E-state index is -0.294. The maximum Gasteiger partial charge on any atom is 0.225 e. The number of benzene rings is 1. The van der Waals surface area contributed by atoms with Crippen LogP contribution in [0.15, 0.2) is 24.3 Å². The summed E-state index contributed by atoms with van der Waals surface area (Å²) in [6, 6.07) is 6.05. The first-order valence-electron chi connectivity index (χ1n) is 9.60. The normalized spacial score (nSPS) is 22.2. The highest BCUT2D eigenvalue weighted by Gasteiger charge is 2.30. The lowest BCUT2D eigenvalue weighted by Gasteiger charge is -2.37. The monoisotopic (exact) mass is 361 g/mol. The van der Waals surface area contributed by atoms with Crippen LogP contribution in [0.1, 0.15) is 50.6 Å². The highest BCUT2D eigenvalue weighted by atomic mass is 19.1. The van der Waals surface area contributed by atoms with Gasteiger partial charge in [0.25, 0.3) is 0 Å². The largest absolute Gasteiger partial charge is 0.353 e. The molecule has 0 spiro atoms. The molecule has 0 bridgehead atoms. The highest BCUT2D eigenvalue weighted by molar-refractivity contribution is 5.81. The Kier molecular flexibility index (Phi) is 6.25. The number of piperazine rings is 1. The summed E-state index contributed by atoms with van der Waals surface area (Å²) in [4.78, 5) is 26.9. The fourth-order valence-corrected chi connectivity index (χ4v) is 3.99. The first kappa shape index (κ1) is 18.8. The second-order valence-corrected chi connectivity index (χ2v) is 7.46. The molecule has 2 amide bonds. The molecule has 1 saturated heterocycles.